The highest BCUT2D eigenvalue weighted by atomic mass is 16.7. The molecule has 2 aliphatic carbocycles. The van der Waals surface area contributed by atoms with Crippen molar-refractivity contribution in [3.63, 3.8) is 0 Å². The summed E-state index contributed by atoms with van der Waals surface area (Å²) in [6, 6.07) is 0. The van der Waals surface area contributed by atoms with Crippen LogP contribution in [0.4, 0.5) is 0 Å². The topological polar surface area (TPSA) is 35.5 Å². The number of benzene rings is 1. The van der Waals surface area contributed by atoms with E-state index in [1.54, 1.807) is 12.2 Å². The minimum absolute atomic E-state index is 0.0470. The average molecular weight is 238 g/mol. The van der Waals surface area contributed by atoms with Crippen molar-refractivity contribution in [2.45, 2.75) is 6.42 Å². The van der Waals surface area contributed by atoms with Gasteiger partial charge in [-0.15, -0.1) is 0 Å². The van der Waals surface area contributed by atoms with Crippen molar-refractivity contribution >= 4 is 17.9 Å². The molecular formula is C15H10O3. The zero-order valence-electron chi connectivity index (χ0n) is 9.60. The van der Waals surface area contributed by atoms with Crippen LogP contribution < -0.4 is 19.9 Å². The van der Waals surface area contributed by atoms with Crippen LogP contribution in [0, 0.1) is 0 Å². The zero-order valence-corrected chi connectivity index (χ0v) is 9.60. The molecule has 3 heteroatoms. The summed E-state index contributed by atoms with van der Waals surface area (Å²) in [4.78, 5) is 12.1. The van der Waals surface area contributed by atoms with Crippen molar-refractivity contribution in [1.82, 2.24) is 0 Å². The summed E-state index contributed by atoms with van der Waals surface area (Å²) in [5.74, 6) is 1.52. The Kier molecular flexibility index (Phi) is 1.81. The molecule has 0 radical (unpaired) electrons. The highest BCUT2D eigenvalue weighted by Gasteiger charge is 2.26. The summed E-state index contributed by atoms with van der Waals surface area (Å²) in [6.07, 6.45) is 12.1. The molecule has 1 aromatic rings. The molecule has 0 aromatic heterocycles. The summed E-state index contributed by atoms with van der Waals surface area (Å²) in [7, 11) is 0. The van der Waals surface area contributed by atoms with Crippen LogP contribution in [0.5, 0.6) is 11.5 Å². The van der Waals surface area contributed by atoms with Crippen molar-refractivity contribution in [3.05, 3.63) is 45.9 Å². The van der Waals surface area contributed by atoms with E-state index in [0.29, 0.717) is 5.75 Å². The molecule has 0 unspecified atom stereocenters. The van der Waals surface area contributed by atoms with E-state index in [-0.39, 0.29) is 12.6 Å². The maximum Gasteiger partial charge on any atom is 0.231 e. The molecule has 0 spiro atoms. The molecule has 4 rings (SSSR count). The van der Waals surface area contributed by atoms with Gasteiger partial charge in [-0.2, -0.15) is 0 Å². The average Bonchev–Trinajstić information content (AvgIpc) is 2.88. The van der Waals surface area contributed by atoms with E-state index in [9.17, 15) is 4.79 Å². The lowest BCUT2D eigenvalue weighted by molar-refractivity contribution is 0.104. The van der Waals surface area contributed by atoms with Gasteiger partial charge in [-0.05, 0) is 18.1 Å². The van der Waals surface area contributed by atoms with Crippen LogP contribution in [0.3, 0.4) is 0 Å². The van der Waals surface area contributed by atoms with E-state index >= 15 is 0 Å². The van der Waals surface area contributed by atoms with Gasteiger partial charge >= 0.3 is 0 Å². The molecule has 1 heterocycles. The Morgan fingerprint density at radius 3 is 2.67 bits per heavy atom. The molecule has 0 fully saturated rings. The van der Waals surface area contributed by atoms with Gasteiger partial charge in [0.05, 0.1) is 0 Å². The van der Waals surface area contributed by atoms with Gasteiger partial charge in [0.15, 0.2) is 17.3 Å². The molecule has 0 atom stereocenters. The first-order valence-electron chi connectivity index (χ1n) is 5.90. The second-order valence-corrected chi connectivity index (χ2v) is 4.43. The van der Waals surface area contributed by atoms with Gasteiger partial charge in [0.2, 0.25) is 6.79 Å². The number of fused-ring (bicyclic) bond motifs is 6. The third-order valence-electron chi connectivity index (χ3n) is 3.48. The lowest BCUT2D eigenvalue weighted by atomic mass is 9.90. The largest absolute Gasteiger partial charge is 0.453 e. The molecule has 0 saturated carbocycles. The van der Waals surface area contributed by atoms with Crippen LogP contribution in [-0.2, 0) is 6.42 Å². The molecule has 3 nitrogen and oxygen atoms in total. The van der Waals surface area contributed by atoms with Crippen LogP contribution in [-0.4, -0.2) is 12.6 Å². The lowest BCUT2D eigenvalue weighted by Gasteiger charge is -2.14. The predicted octanol–water partition coefficient (Wildman–Crippen LogP) is 0.841. The lowest BCUT2D eigenvalue weighted by Crippen LogP contribution is -2.28. The normalized spacial score (nSPS) is 17.9. The first kappa shape index (κ1) is 9.71. The molecule has 88 valence electrons. The van der Waals surface area contributed by atoms with E-state index < -0.39 is 0 Å². The first-order valence-corrected chi connectivity index (χ1v) is 5.90. The monoisotopic (exact) mass is 238 g/mol. The standard InChI is InChI=1S/C15H10O3/c16-12-7-3-6-11-13(12)9-4-1-2-5-10(9)14-15(11)18-8-17-14/h1-3,5-7H,4,8H2. The van der Waals surface area contributed by atoms with Crippen molar-refractivity contribution in [2.24, 2.45) is 0 Å². The van der Waals surface area contributed by atoms with Gasteiger partial charge in [0.1, 0.15) is 0 Å². The number of rotatable bonds is 0. The van der Waals surface area contributed by atoms with Gasteiger partial charge in [0, 0.05) is 16.0 Å². The van der Waals surface area contributed by atoms with Crippen molar-refractivity contribution < 1.29 is 14.3 Å². The van der Waals surface area contributed by atoms with Crippen molar-refractivity contribution in [2.75, 3.05) is 6.79 Å². The molecule has 1 aromatic carbocycles. The van der Waals surface area contributed by atoms with Gasteiger partial charge in [-0.25, -0.2) is 0 Å². The van der Waals surface area contributed by atoms with Crippen molar-refractivity contribution in [3.8, 4) is 11.5 Å². The van der Waals surface area contributed by atoms with E-state index in [1.807, 2.05) is 18.2 Å². The van der Waals surface area contributed by atoms with Gasteiger partial charge in [-0.3, -0.25) is 4.79 Å². The van der Waals surface area contributed by atoms with E-state index in [2.05, 4.69) is 6.08 Å². The van der Waals surface area contributed by atoms with E-state index in [1.165, 1.54) is 0 Å². The molecule has 3 aliphatic rings. The minimum Gasteiger partial charge on any atom is -0.453 e. The van der Waals surface area contributed by atoms with Crippen LogP contribution >= 0.6 is 0 Å². The second-order valence-electron chi connectivity index (χ2n) is 4.43. The minimum atomic E-state index is 0.0470. The fraction of sp³-hybridized carbons (Fsp3) is 0.133. The smallest absolute Gasteiger partial charge is 0.231 e. The molecular weight excluding hydrogens is 228 g/mol. The first-order chi connectivity index (χ1) is 8.86. The molecule has 0 amide bonds. The van der Waals surface area contributed by atoms with Gasteiger partial charge < -0.3 is 9.47 Å². The van der Waals surface area contributed by atoms with Gasteiger partial charge in [-0.1, -0.05) is 30.4 Å². The summed E-state index contributed by atoms with van der Waals surface area (Å²) in [5.41, 5.74) is 1.81. The summed E-state index contributed by atoms with van der Waals surface area (Å²) >= 11 is 0. The second kappa shape index (κ2) is 3.35. The highest BCUT2D eigenvalue weighted by Crippen LogP contribution is 2.28. The van der Waals surface area contributed by atoms with Crippen LogP contribution in [0.25, 0.3) is 12.2 Å². The Morgan fingerprint density at radius 1 is 1.00 bits per heavy atom. The Hall–Kier alpha value is -2.29. The fourth-order valence-electron chi connectivity index (χ4n) is 2.72. The summed E-state index contributed by atoms with van der Waals surface area (Å²) in [6.45, 7) is 0.224. The maximum absolute atomic E-state index is 12.1. The molecule has 0 saturated heterocycles. The number of hydrogen-bond acceptors (Lipinski definition) is 3. The molecule has 18 heavy (non-hydrogen) atoms. The highest BCUT2D eigenvalue weighted by molar-refractivity contribution is 6.08. The van der Waals surface area contributed by atoms with E-state index in [0.717, 1.165) is 33.7 Å². The predicted molar refractivity (Wildman–Crippen MR) is 67.1 cm³/mol. The zero-order chi connectivity index (χ0) is 12.1. The Labute approximate surface area is 103 Å². The molecule has 1 aliphatic heterocycles. The number of hydrogen-bond donors (Lipinski definition) is 0. The Bertz CT molecular complexity index is 751. The molecule has 0 N–H and O–H groups in total. The summed E-state index contributed by atoms with van der Waals surface area (Å²) < 4.78 is 11.1. The number of allylic oxidation sites excluding steroid dienone is 4. The van der Waals surface area contributed by atoms with Crippen molar-refractivity contribution in [1.29, 1.82) is 0 Å². The number of ketones is 1. The maximum atomic E-state index is 12.1. The van der Waals surface area contributed by atoms with Crippen LogP contribution in [0.15, 0.2) is 24.3 Å². The SMILES string of the molecule is O=C1C=CC=c2c3c(c4c(c21)CC=CC=4)OCO3. The third-order valence-corrected chi connectivity index (χ3v) is 3.48. The van der Waals surface area contributed by atoms with Gasteiger partial charge in [0.25, 0.3) is 0 Å². The fourth-order valence-corrected chi connectivity index (χ4v) is 2.72. The number of carbonyl (C=O) groups is 1. The summed E-state index contributed by atoms with van der Waals surface area (Å²) in [5, 5.41) is 1.85. The number of carbonyl (C=O) groups excluding carboxylic acids is 1. The Morgan fingerprint density at radius 2 is 1.78 bits per heavy atom. The molecule has 0 bridgehead atoms. The third kappa shape index (κ3) is 1.11. The van der Waals surface area contributed by atoms with Crippen LogP contribution in [0.1, 0.15) is 15.9 Å². The Balaban J connectivity index is 2.25. The number of ether oxygens (including phenoxy) is 2. The van der Waals surface area contributed by atoms with E-state index in [4.69, 9.17) is 9.47 Å². The van der Waals surface area contributed by atoms with Crippen LogP contribution in [0.2, 0.25) is 0 Å². The quantitative estimate of drug-likeness (QED) is 0.672.